The highest BCUT2D eigenvalue weighted by Gasteiger charge is 2.15. The number of carbonyl (C=O) groups excluding carboxylic acids is 2. The van der Waals surface area contributed by atoms with Crippen molar-refractivity contribution < 1.29 is 9.59 Å². The molecule has 0 radical (unpaired) electrons. The van der Waals surface area contributed by atoms with E-state index in [1.807, 2.05) is 36.4 Å². The van der Waals surface area contributed by atoms with Gasteiger partial charge in [-0.25, -0.2) is 0 Å². The first kappa shape index (κ1) is 27.0. The maximum atomic E-state index is 12.5. The Bertz CT molecular complexity index is 922. The first-order valence-electron chi connectivity index (χ1n) is 11.4. The lowest BCUT2D eigenvalue weighted by atomic mass is 9.87. The number of halogens is 1. The van der Waals surface area contributed by atoms with Crippen LogP contribution in [0.3, 0.4) is 0 Å². The Morgan fingerprint density at radius 2 is 1.36 bits per heavy atom. The highest BCUT2D eigenvalue weighted by atomic mass is 79.9. The molecular weight excluding hydrogens is 498 g/mol. The minimum Gasteiger partial charge on any atom is -0.332 e. The summed E-state index contributed by atoms with van der Waals surface area (Å²) >= 11 is 8.70. The normalized spacial score (nSPS) is 11.0. The van der Waals surface area contributed by atoms with Crippen LogP contribution in [0.5, 0.6) is 0 Å². The van der Waals surface area contributed by atoms with Crippen LogP contribution in [-0.4, -0.2) is 22.3 Å². The topological polar surface area (TPSA) is 70.2 Å². The van der Waals surface area contributed by atoms with E-state index in [1.54, 1.807) is 12.1 Å². The fraction of sp³-hybridized carbons (Fsp3) is 0.423. The summed E-state index contributed by atoms with van der Waals surface area (Å²) in [6.45, 7) is 6.39. The SMILES string of the molecule is CC(C)(C)c1ccc(C(=O)NC(=S)Nc2ccc(NC(=O)CCCCCCCBr)cc2)cc1. The van der Waals surface area contributed by atoms with E-state index in [0.29, 0.717) is 12.0 Å². The summed E-state index contributed by atoms with van der Waals surface area (Å²) in [5, 5.41) is 9.88. The van der Waals surface area contributed by atoms with E-state index >= 15 is 0 Å². The summed E-state index contributed by atoms with van der Waals surface area (Å²) in [5.41, 5.74) is 3.21. The minimum atomic E-state index is -0.260. The molecule has 0 aliphatic heterocycles. The maximum absolute atomic E-state index is 12.5. The highest BCUT2D eigenvalue weighted by Crippen LogP contribution is 2.22. The predicted octanol–water partition coefficient (Wildman–Crippen LogP) is 6.78. The molecule has 0 unspecified atom stereocenters. The Hall–Kier alpha value is -2.25. The third-order valence-corrected chi connectivity index (χ3v) is 5.97. The van der Waals surface area contributed by atoms with E-state index in [1.165, 1.54) is 12.8 Å². The number of nitrogens with one attached hydrogen (secondary N) is 3. The van der Waals surface area contributed by atoms with Crippen LogP contribution >= 0.6 is 28.1 Å². The monoisotopic (exact) mass is 531 g/mol. The molecule has 0 bridgehead atoms. The Kier molecular flexibility index (Phi) is 11.0. The standard InChI is InChI=1S/C26H34BrN3O2S/c1-26(2,3)20-12-10-19(11-13-20)24(32)30-25(33)29-22-16-14-21(15-17-22)28-23(31)9-7-5-4-6-8-18-27/h10-17H,4-9,18H2,1-3H3,(H,28,31)(H2,29,30,32,33). The summed E-state index contributed by atoms with van der Waals surface area (Å²) in [4.78, 5) is 24.5. The Morgan fingerprint density at radius 3 is 1.94 bits per heavy atom. The van der Waals surface area contributed by atoms with Crippen LogP contribution < -0.4 is 16.0 Å². The number of unbranched alkanes of at least 4 members (excludes halogenated alkanes) is 4. The van der Waals surface area contributed by atoms with Gasteiger partial charge in [-0.15, -0.1) is 0 Å². The maximum Gasteiger partial charge on any atom is 0.257 e. The lowest BCUT2D eigenvalue weighted by Crippen LogP contribution is -2.34. The summed E-state index contributed by atoms with van der Waals surface area (Å²) in [6.07, 6.45) is 6.06. The molecule has 2 amide bonds. The summed E-state index contributed by atoms with van der Waals surface area (Å²) in [6, 6.07) is 14.8. The number of amides is 2. The van der Waals surface area contributed by atoms with E-state index < -0.39 is 0 Å². The van der Waals surface area contributed by atoms with E-state index in [4.69, 9.17) is 12.2 Å². The molecule has 0 spiro atoms. The number of hydrogen-bond acceptors (Lipinski definition) is 3. The van der Waals surface area contributed by atoms with Gasteiger partial charge in [0.2, 0.25) is 5.91 Å². The first-order chi connectivity index (χ1) is 15.7. The molecule has 5 nitrogen and oxygen atoms in total. The summed E-state index contributed by atoms with van der Waals surface area (Å²) in [7, 11) is 0. The first-order valence-corrected chi connectivity index (χ1v) is 12.9. The second kappa shape index (κ2) is 13.5. The predicted molar refractivity (Wildman–Crippen MR) is 145 cm³/mol. The molecule has 0 fully saturated rings. The van der Waals surface area contributed by atoms with Crippen molar-refractivity contribution in [2.75, 3.05) is 16.0 Å². The zero-order valence-corrected chi connectivity index (χ0v) is 22.1. The van der Waals surface area contributed by atoms with Gasteiger partial charge in [0.25, 0.3) is 5.91 Å². The molecule has 2 aromatic rings. The van der Waals surface area contributed by atoms with Crippen molar-refractivity contribution in [3.63, 3.8) is 0 Å². The molecule has 178 valence electrons. The van der Waals surface area contributed by atoms with Crippen molar-refractivity contribution in [2.24, 2.45) is 0 Å². The van der Waals surface area contributed by atoms with Gasteiger partial charge in [0.1, 0.15) is 0 Å². The molecule has 3 N–H and O–H groups in total. The molecule has 0 aliphatic rings. The Morgan fingerprint density at radius 1 is 0.818 bits per heavy atom. The molecule has 0 aliphatic carbocycles. The molecule has 0 saturated carbocycles. The van der Waals surface area contributed by atoms with E-state index in [2.05, 4.69) is 52.7 Å². The fourth-order valence-electron chi connectivity index (χ4n) is 3.23. The van der Waals surface area contributed by atoms with Crippen molar-refractivity contribution in [3.05, 3.63) is 59.7 Å². The lowest BCUT2D eigenvalue weighted by molar-refractivity contribution is -0.116. The number of hydrogen-bond donors (Lipinski definition) is 3. The summed E-state index contributed by atoms with van der Waals surface area (Å²) in [5.74, 6) is -0.236. The third-order valence-electron chi connectivity index (χ3n) is 5.20. The van der Waals surface area contributed by atoms with Gasteiger partial charge in [0.15, 0.2) is 5.11 Å². The number of anilines is 2. The number of alkyl halides is 1. The van der Waals surface area contributed by atoms with Crippen LogP contribution in [0.2, 0.25) is 0 Å². The van der Waals surface area contributed by atoms with Crippen molar-refractivity contribution in [1.82, 2.24) is 5.32 Å². The van der Waals surface area contributed by atoms with Crippen LogP contribution in [0.15, 0.2) is 48.5 Å². The second-order valence-electron chi connectivity index (χ2n) is 9.07. The molecule has 0 saturated heterocycles. The Balaban J connectivity index is 1.76. The van der Waals surface area contributed by atoms with E-state index in [-0.39, 0.29) is 22.3 Å². The van der Waals surface area contributed by atoms with Crippen LogP contribution in [0.1, 0.15) is 75.2 Å². The molecule has 0 aromatic heterocycles. The van der Waals surface area contributed by atoms with Gasteiger partial charge in [-0.3, -0.25) is 14.9 Å². The molecule has 7 heteroatoms. The second-order valence-corrected chi connectivity index (χ2v) is 10.3. The van der Waals surface area contributed by atoms with Crippen LogP contribution in [0.25, 0.3) is 0 Å². The molecule has 0 atom stereocenters. The molecular formula is C26H34BrN3O2S. The number of benzene rings is 2. The van der Waals surface area contributed by atoms with Gasteiger partial charge in [-0.05, 0) is 72.4 Å². The smallest absolute Gasteiger partial charge is 0.257 e. The average molecular weight is 533 g/mol. The third kappa shape index (κ3) is 10.0. The average Bonchev–Trinajstić information content (AvgIpc) is 2.77. The van der Waals surface area contributed by atoms with Crippen molar-refractivity contribution in [2.45, 2.75) is 64.7 Å². The van der Waals surface area contributed by atoms with Crippen molar-refractivity contribution in [3.8, 4) is 0 Å². The van der Waals surface area contributed by atoms with Gasteiger partial charge in [-0.2, -0.15) is 0 Å². The van der Waals surface area contributed by atoms with E-state index in [9.17, 15) is 9.59 Å². The van der Waals surface area contributed by atoms with E-state index in [0.717, 1.165) is 41.5 Å². The van der Waals surface area contributed by atoms with Gasteiger partial charge in [0.05, 0.1) is 0 Å². The molecule has 2 aromatic carbocycles. The molecule has 33 heavy (non-hydrogen) atoms. The minimum absolute atomic E-state index is 0.0245. The van der Waals surface area contributed by atoms with Gasteiger partial charge in [-0.1, -0.05) is 68.1 Å². The zero-order chi connectivity index (χ0) is 24.3. The van der Waals surface area contributed by atoms with Crippen LogP contribution in [0, 0.1) is 0 Å². The van der Waals surface area contributed by atoms with Crippen molar-refractivity contribution in [1.29, 1.82) is 0 Å². The zero-order valence-electron chi connectivity index (χ0n) is 19.7. The largest absolute Gasteiger partial charge is 0.332 e. The molecule has 2 rings (SSSR count). The van der Waals surface area contributed by atoms with Crippen LogP contribution in [0.4, 0.5) is 11.4 Å². The van der Waals surface area contributed by atoms with Crippen LogP contribution in [-0.2, 0) is 10.2 Å². The highest BCUT2D eigenvalue weighted by molar-refractivity contribution is 9.09. The number of rotatable bonds is 10. The quantitative estimate of drug-likeness (QED) is 0.179. The number of carbonyl (C=O) groups is 2. The lowest BCUT2D eigenvalue weighted by Gasteiger charge is -2.19. The van der Waals surface area contributed by atoms with Crippen molar-refractivity contribution >= 4 is 56.4 Å². The van der Waals surface area contributed by atoms with Gasteiger partial charge < -0.3 is 10.6 Å². The van der Waals surface area contributed by atoms with Gasteiger partial charge in [0, 0.05) is 28.7 Å². The Labute approximate surface area is 211 Å². The number of thiocarbonyl (C=S) groups is 1. The fourth-order valence-corrected chi connectivity index (χ4v) is 3.84. The summed E-state index contributed by atoms with van der Waals surface area (Å²) < 4.78 is 0. The van der Waals surface area contributed by atoms with Gasteiger partial charge >= 0.3 is 0 Å². The molecule has 0 heterocycles.